The zero-order valence-electron chi connectivity index (χ0n) is 19.7. The van der Waals surface area contributed by atoms with Gasteiger partial charge in [-0.05, 0) is 39.0 Å². The lowest BCUT2D eigenvalue weighted by Gasteiger charge is -2.11. The van der Waals surface area contributed by atoms with Gasteiger partial charge in [-0.2, -0.15) is 0 Å². The van der Waals surface area contributed by atoms with Gasteiger partial charge in [-0.1, -0.05) is 18.2 Å². The van der Waals surface area contributed by atoms with Crippen molar-refractivity contribution in [1.29, 1.82) is 0 Å². The number of aryl methyl sites for hydroxylation is 1. The van der Waals surface area contributed by atoms with Gasteiger partial charge < -0.3 is 14.5 Å². The van der Waals surface area contributed by atoms with Crippen LogP contribution in [-0.2, 0) is 16.9 Å². The number of imidazole rings is 2. The van der Waals surface area contributed by atoms with Gasteiger partial charge in [0.05, 0.1) is 22.8 Å². The van der Waals surface area contributed by atoms with Gasteiger partial charge in [-0.3, -0.25) is 0 Å². The quantitative estimate of drug-likeness (QED) is 0.379. The van der Waals surface area contributed by atoms with Crippen LogP contribution in [-0.4, -0.2) is 42.5 Å². The predicted octanol–water partition coefficient (Wildman–Crippen LogP) is 4.09. The second kappa shape index (κ2) is 8.58. The van der Waals surface area contributed by atoms with Crippen molar-refractivity contribution in [2.24, 2.45) is 7.05 Å². The van der Waals surface area contributed by atoms with Crippen molar-refractivity contribution in [2.75, 3.05) is 5.32 Å². The van der Waals surface area contributed by atoms with Gasteiger partial charge in [0.15, 0.2) is 5.82 Å². The molecule has 5 aromatic rings. The number of hydrogen-bond donors (Lipinski definition) is 1. The summed E-state index contributed by atoms with van der Waals surface area (Å²) in [6, 6.07) is 12.1. The Morgan fingerprint density at radius 1 is 0.943 bits per heavy atom. The zero-order chi connectivity index (χ0) is 24.7. The van der Waals surface area contributed by atoms with Crippen LogP contribution >= 0.6 is 0 Å². The molecule has 0 saturated carbocycles. The molecule has 35 heavy (non-hydrogen) atoms. The van der Waals surface area contributed by atoms with E-state index in [0.29, 0.717) is 23.2 Å². The fourth-order valence-corrected chi connectivity index (χ4v) is 5.45. The Hall–Kier alpha value is -4.12. The highest BCUT2D eigenvalue weighted by Gasteiger charge is 2.25. The van der Waals surface area contributed by atoms with Crippen molar-refractivity contribution in [3.8, 4) is 11.5 Å². The Bertz CT molecular complexity index is 1640. The molecule has 0 spiro atoms. The number of aromatic nitrogens is 7. The van der Waals surface area contributed by atoms with Crippen LogP contribution in [0.4, 0.5) is 11.6 Å². The van der Waals surface area contributed by atoms with Gasteiger partial charge in [0, 0.05) is 25.4 Å². The summed E-state index contributed by atoms with van der Waals surface area (Å²) in [5, 5.41) is 3.13. The van der Waals surface area contributed by atoms with Gasteiger partial charge >= 0.3 is 0 Å². The molecule has 0 saturated heterocycles. The Kier molecular flexibility index (Phi) is 5.56. The zero-order valence-corrected chi connectivity index (χ0v) is 20.5. The number of nitrogens with one attached hydrogen (secondary N) is 1. The van der Waals surface area contributed by atoms with Crippen molar-refractivity contribution in [1.82, 2.24) is 34.1 Å². The normalized spacial score (nSPS) is 11.9. The molecule has 0 aliphatic heterocycles. The third kappa shape index (κ3) is 4.03. The number of anilines is 2. The van der Waals surface area contributed by atoms with Crippen LogP contribution in [0.25, 0.3) is 22.6 Å². The van der Waals surface area contributed by atoms with E-state index in [9.17, 15) is 8.42 Å². The van der Waals surface area contributed by atoms with E-state index in [1.165, 1.54) is 10.8 Å². The average Bonchev–Trinajstić information content (AvgIpc) is 3.39. The topological polar surface area (TPSA) is 120 Å². The van der Waals surface area contributed by atoms with Crippen molar-refractivity contribution >= 4 is 32.5 Å². The molecular weight excluding hydrogens is 464 g/mol. The third-order valence-corrected chi connectivity index (χ3v) is 7.40. The maximum absolute atomic E-state index is 13.0. The molecule has 4 heterocycles. The lowest BCUT2D eigenvalue weighted by atomic mass is 10.3. The molecule has 1 aromatic carbocycles. The molecule has 0 unspecified atom stereocenters. The molecule has 0 amide bonds. The first-order valence-corrected chi connectivity index (χ1v) is 12.5. The number of pyridine rings is 1. The SMILES string of the molecule is Cc1nc2cnc(Nc3ccnc(-c4cnc(S(=O)(=O)c5ccccc5)n4C)n3)cc2n1C(C)C. The van der Waals surface area contributed by atoms with E-state index in [4.69, 9.17) is 0 Å². The van der Waals surface area contributed by atoms with Crippen molar-refractivity contribution in [2.45, 2.75) is 36.9 Å². The van der Waals surface area contributed by atoms with Crippen molar-refractivity contribution in [3.05, 3.63) is 66.9 Å². The largest absolute Gasteiger partial charge is 0.326 e. The molecule has 4 aromatic heterocycles. The molecule has 1 N–H and O–H groups in total. The lowest BCUT2D eigenvalue weighted by Crippen LogP contribution is -2.10. The van der Waals surface area contributed by atoms with Crippen LogP contribution in [0.5, 0.6) is 0 Å². The summed E-state index contributed by atoms with van der Waals surface area (Å²) in [4.78, 5) is 22.3. The van der Waals surface area contributed by atoms with Gasteiger partial charge in [0.1, 0.15) is 28.7 Å². The Morgan fingerprint density at radius 3 is 2.46 bits per heavy atom. The van der Waals surface area contributed by atoms with Crippen molar-refractivity contribution in [3.63, 3.8) is 0 Å². The first-order valence-electron chi connectivity index (χ1n) is 11.0. The lowest BCUT2D eigenvalue weighted by molar-refractivity contribution is 0.579. The maximum Gasteiger partial charge on any atom is 0.240 e. The minimum absolute atomic E-state index is 0.0786. The maximum atomic E-state index is 13.0. The molecule has 5 rings (SSSR count). The van der Waals surface area contributed by atoms with Crippen LogP contribution in [0.2, 0.25) is 0 Å². The van der Waals surface area contributed by atoms with Crippen LogP contribution in [0.1, 0.15) is 25.7 Å². The highest BCUT2D eigenvalue weighted by Crippen LogP contribution is 2.26. The summed E-state index contributed by atoms with van der Waals surface area (Å²) < 4.78 is 29.7. The van der Waals surface area contributed by atoms with E-state index in [0.717, 1.165) is 16.9 Å². The van der Waals surface area contributed by atoms with Crippen LogP contribution < -0.4 is 5.32 Å². The second-order valence-corrected chi connectivity index (χ2v) is 10.2. The van der Waals surface area contributed by atoms with Gasteiger partial charge in [-0.25, -0.2) is 33.3 Å². The van der Waals surface area contributed by atoms with Gasteiger partial charge in [0.2, 0.25) is 15.0 Å². The summed E-state index contributed by atoms with van der Waals surface area (Å²) >= 11 is 0. The van der Waals surface area contributed by atoms with E-state index in [1.807, 2.05) is 13.0 Å². The summed E-state index contributed by atoms with van der Waals surface area (Å²) in [5.41, 5.74) is 2.28. The number of hydrogen-bond acceptors (Lipinski definition) is 8. The van der Waals surface area contributed by atoms with Crippen LogP contribution in [0.15, 0.2) is 71.1 Å². The highest BCUT2D eigenvalue weighted by atomic mass is 32.2. The van der Waals surface area contributed by atoms with Crippen LogP contribution in [0, 0.1) is 6.92 Å². The molecular formula is C24H24N8O2S. The molecule has 0 radical (unpaired) electrons. The van der Waals surface area contributed by atoms with Gasteiger partial charge in [-0.15, -0.1) is 0 Å². The summed E-state index contributed by atoms with van der Waals surface area (Å²) in [6.07, 6.45) is 4.79. The molecule has 11 heteroatoms. The first kappa shape index (κ1) is 22.7. The third-order valence-electron chi connectivity index (χ3n) is 5.65. The molecule has 178 valence electrons. The summed E-state index contributed by atoms with van der Waals surface area (Å²) in [7, 11) is -2.15. The van der Waals surface area contributed by atoms with Crippen molar-refractivity contribution < 1.29 is 8.42 Å². The average molecular weight is 489 g/mol. The Morgan fingerprint density at radius 2 is 1.71 bits per heavy atom. The van der Waals surface area contributed by atoms with Gasteiger partial charge in [0.25, 0.3) is 0 Å². The second-order valence-electron chi connectivity index (χ2n) is 8.37. The van der Waals surface area contributed by atoms with E-state index in [1.54, 1.807) is 55.8 Å². The molecule has 0 bridgehead atoms. The predicted molar refractivity (Wildman–Crippen MR) is 132 cm³/mol. The number of fused-ring (bicyclic) bond motifs is 1. The fraction of sp³-hybridized carbons (Fsp3) is 0.208. The van der Waals surface area contributed by atoms with E-state index in [-0.39, 0.29) is 16.1 Å². The van der Waals surface area contributed by atoms with E-state index < -0.39 is 9.84 Å². The van der Waals surface area contributed by atoms with Crippen LogP contribution in [0.3, 0.4) is 0 Å². The number of benzene rings is 1. The monoisotopic (exact) mass is 488 g/mol. The van der Waals surface area contributed by atoms with E-state index >= 15 is 0 Å². The standard InChI is InChI=1S/C24H24N8O2S/c1-15(2)32-16(3)28-18-13-26-22(12-19(18)32)29-21-10-11-25-23(30-21)20-14-27-24(31(20)4)35(33,34)17-8-6-5-7-9-17/h5-15H,1-4H3,(H,25,26,29,30). The minimum Gasteiger partial charge on any atom is -0.326 e. The first-order chi connectivity index (χ1) is 16.8. The highest BCUT2D eigenvalue weighted by molar-refractivity contribution is 7.91. The Balaban J connectivity index is 1.47. The Labute approximate surface area is 202 Å². The molecule has 0 aliphatic rings. The number of nitrogens with zero attached hydrogens (tertiary/aromatic N) is 7. The smallest absolute Gasteiger partial charge is 0.240 e. The number of sulfone groups is 1. The summed E-state index contributed by atoms with van der Waals surface area (Å²) in [5.74, 6) is 2.39. The summed E-state index contributed by atoms with van der Waals surface area (Å²) in [6.45, 7) is 6.20. The fourth-order valence-electron chi connectivity index (χ4n) is 4.08. The molecule has 10 nitrogen and oxygen atoms in total. The number of rotatable bonds is 6. The molecule has 0 fully saturated rings. The molecule has 0 atom stereocenters. The molecule has 0 aliphatic carbocycles. The minimum atomic E-state index is -3.78. The van der Waals surface area contributed by atoms with E-state index in [2.05, 4.69) is 48.7 Å².